The van der Waals surface area contributed by atoms with E-state index in [1.807, 2.05) is 18.4 Å². The highest BCUT2D eigenvalue weighted by molar-refractivity contribution is 7.98. The minimum absolute atomic E-state index is 0.242. The van der Waals surface area contributed by atoms with Crippen LogP contribution in [0.5, 0.6) is 0 Å². The van der Waals surface area contributed by atoms with Crippen LogP contribution in [0.4, 0.5) is 5.13 Å². The molecule has 0 saturated carbocycles. The molecule has 0 spiro atoms. The van der Waals surface area contributed by atoms with Crippen molar-refractivity contribution in [2.45, 2.75) is 4.90 Å². The molecule has 2 aromatic carbocycles. The average Bonchev–Trinajstić information content (AvgIpc) is 3.02. The van der Waals surface area contributed by atoms with Gasteiger partial charge in [-0.25, -0.2) is 4.98 Å². The van der Waals surface area contributed by atoms with Gasteiger partial charge in [0.05, 0.1) is 14.7 Å². The van der Waals surface area contributed by atoms with Crippen molar-refractivity contribution >= 4 is 67.6 Å². The van der Waals surface area contributed by atoms with E-state index in [0.29, 0.717) is 26.3 Å². The normalized spacial score (nSPS) is 10.7. The van der Waals surface area contributed by atoms with Gasteiger partial charge in [0.2, 0.25) is 5.13 Å². The highest BCUT2D eigenvalue weighted by Crippen LogP contribution is 2.35. The van der Waals surface area contributed by atoms with Crippen LogP contribution in [0, 0.1) is 0 Å². The Kier molecular flexibility index (Phi) is 4.96. The summed E-state index contributed by atoms with van der Waals surface area (Å²) in [4.78, 5) is 17.6. The lowest BCUT2D eigenvalue weighted by atomic mass is 10.2. The Morgan fingerprint density at radius 1 is 1.13 bits per heavy atom. The van der Waals surface area contributed by atoms with Gasteiger partial charge in [0.15, 0.2) is 0 Å². The Morgan fingerprint density at radius 2 is 1.83 bits per heavy atom. The number of hydrazine groups is 1. The second-order valence-electron chi connectivity index (χ2n) is 4.53. The maximum absolute atomic E-state index is 12.1. The van der Waals surface area contributed by atoms with Crippen LogP contribution in [0.25, 0.3) is 10.2 Å². The monoisotopic (exact) mass is 383 g/mol. The zero-order chi connectivity index (χ0) is 16.4. The van der Waals surface area contributed by atoms with Gasteiger partial charge < -0.3 is 0 Å². The van der Waals surface area contributed by atoms with Gasteiger partial charge in [0.1, 0.15) is 5.52 Å². The first-order valence-corrected chi connectivity index (χ1v) is 9.33. The molecule has 3 rings (SSSR count). The van der Waals surface area contributed by atoms with Gasteiger partial charge in [-0.2, -0.15) is 0 Å². The van der Waals surface area contributed by atoms with E-state index in [1.165, 1.54) is 11.3 Å². The number of nitrogens with one attached hydrogen (secondary N) is 2. The second kappa shape index (κ2) is 6.97. The summed E-state index contributed by atoms with van der Waals surface area (Å²) in [7, 11) is 0. The summed E-state index contributed by atoms with van der Waals surface area (Å²) in [5.74, 6) is -0.242. The SMILES string of the molecule is CSc1ccc(C(=O)NNc2nc3c(Cl)ccc(Cl)c3s2)cc1. The van der Waals surface area contributed by atoms with Gasteiger partial charge in [0.25, 0.3) is 5.91 Å². The van der Waals surface area contributed by atoms with E-state index in [0.717, 1.165) is 9.60 Å². The van der Waals surface area contributed by atoms with Crippen molar-refractivity contribution in [3.63, 3.8) is 0 Å². The number of rotatable bonds is 4. The molecule has 0 radical (unpaired) electrons. The predicted octanol–water partition coefficient (Wildman–Crippen LogP) is 5.08. The van der Waals surface area contributed by atoms with Gasteiger partial charge >= 0.3 is 0 Å². The molecule has 0 aliphatic heterocycles. The zero-order valence-corrected chi connectivity index (χ0v) is 15.0. The summed E-state index contributed by atoms with van der Waals surface area (Å²) in [6, 6.07) is 10.8. The molecule has 0 fully saturated rings. The van der Waals surface area contributed by atoms with E-state index in [2.05, 4.69) is 15.8 Å². The van der Waals surface area contributed by atoms with E-state index < -0.39 is 0 Å². The topological polar surface area (TPSA) is 54.0 Å². The van der Waals surface area contributed by atoms with Crippen LogP contribution in [-0.4, -0.2) is 17.1 Å². The highest BCUT2D eigenvalue weighted by Gasteiger charge is 2.11. The number of amides is 1. The molecule has 3 aromatic rings. The Labute approximate surface area is 151 Å². The smallest absolute Gasteiger partial charge is 0.269 e. The number of anilines is 1. The van der Waals surface area contributed by atoms with Crippen LogP contribution >= 0.6 is 46.3 Å². The molecule has 1 aromatic heterocycles. The molecule has 2 N–H and O–H groups in total. The van der Waals surface area contributed by atoms with Gasteiger partial charge in [-0.3, -0.25) is 15.6 Å². The first-order chi connectivity index (χ1) is 11.1. The van der Waals surface area contributed by atoms with Crippen LogP contribution in [0.2, 0.25) is 10.0 Å². The Bertz CT molecular complexity index is 826. The highest BCUT2D eigenvalue weighted by atomic mass is 35.5. The number of hydrogen-bond donors (Lipinski definition) is 2. The van der Waals surface area contributed by atoms with Gasteiger partial charge in [0, 0.05) is 10.5 Å². The number of benzene rings is 2. The lowest BCUT2D eigenvalue weighted by Crippen LogP contribution is -2.29. The van der Waals surface area contributed by atoms with Crippen molar-refractivity contribution in [1.82, 2.24) is 10.4 Å². The third-order valence-corrected chi connectivity index (χ3v) is 5.56. The largest absolute Gasteiger partial charge is 0.273 e. The lowest BCUT2D eigenvalue weighted by Gasteiger charge is -2.05. The molecule has 0 aliphatic rings. The van der Waals surface area contributed by atoms with Crippen LogP contribution in [-0.2, 0) is 0 Å². The fraction of sp³-hybridized carbons (Fsp3) is 0.0667. The van der Waals surface area contributed by atoms with Gasteiger partial charge in [-0.05, 0) is 42.7 Å². The number of aromatic nitrogens is 1. The number of hydrogen-bond acceptors (Lipinski definition) is 5. The summed E-state index contributed by atoms with van der Waals surface area (Å²) in [5.41, 5.74) is 6.60. The van der Waals surface area contributed by atoms with Crippen molar-refractivity contribution in [1.29, 1.82) is 0 Å². The Hall–Kier alpha value is -1.47. The maximum atomic E-state index is 12.1. The van der Waals surface area contributed by atoms with Crippen molar-refractivity contribution in [2.75, 3.05) is 11.7 Å². The fourth-order valence-corrected chi connectivity index (χ4v) is 3.71. The van der Waals surface area contributed by atoms with E-state index in [4.69, 9.17) is 23.2 Å². The van der Waals surface area contributed by atoms with E-state index >= 15 is 0 Å². The van der Waals surface area contributed by atoms with Gasteiger partial charge in [-0.1, -0.05) is 34.5 Å². The fourth-order valence-electron chi connectivity index (χ4n) is 1.92. The first kappa shape index (κ1) is 16.4. The molecule has 23 heavy (non-hydrogen) atoms. The van der Waals surface area contributed by atoms with Crippen molar-refractivity contribution < 1.29 is 4.79 Å². The molecule has 0 bridgehead atoms. The summed E-state index contributed by atoms with van der Waals surface area (Å²) in [5, 5.41) is 1.62. The number of halogens is 2. The number of thioether (sulfide) groups is 1. The quantitative estimate of drug-likeness (QED) is 0.487. The lowest BCUT2D eigenvalue weighted by molar-refractivity contribution is 0.0962. The number of carbonyl (C=O) groups excluding carboxylic acids is 1. The van der Waals surface area contributed by atoms with Crippen molar-refractivity contribution in [3.8, 4) is 0 Å². The molecule has 118 valence electrons. The first-order valence-electron chi connectivity index (χ1n) is 6.53. The molecule has 1 heterocycles. The summed E-state index contributed by atoms with van der Waals surface area (Å²) < 4.78 is 0.778. The molecule has 1 amide bonds. The number of carbonyl (C=O) groups is 1. The third-order valence-electron chi connectivity index (χ3n) is 3.08. The van der Waals surface area contributed by atoms with Crippen LogP contribution in [0.1, 0.15) is 10.4 Å². The molecule has 8 heteroatoms. The van der Waals surface area contributed by atoms with Crippen LogP contribution < -0.4 is 10.9 Å². The average molecular weight is 384 g/mol. The van der Waals surface area contributed by atoms with Crippen molar-refractivity contribution in [2.24, 2.45) is 0 Å². The molecular weight excluding hydrogens is 373 g/mol. The van der Waals surface area contributed by atoms with Crippen molar-refractivity contribution in [3.05, 3.63) is 52.0 Å². The Balaban J connectivity index is 1.73. The summed E-state index contributed by atoms with van der Waals surface area (Å²) in [6.45, 7) is 0. The van der Waals surface area contributed by atoms with E-state index in [1.54, 1.807) is 36.0 Å². The molecule has 0 atom stereocenters. The summed E-state index contributed by atoms with van der Waals surface area (Å²) >= 11 is 15.2. The number of thiazole rings is 1. The molecule has 0 saturated heterocycles. The molecule has 4 nitrogen and oxygen atoms in total. The predicted molar refractivity (Wildman–Crippen MR) is 99.0 cm³/mol. The molecule has 0 aliphatic carbocycles. The minimum Gasteiger partial charge on any atom is -0.273 e. The number of nitrogens with zero attached hydrogens (tertiary/aromatic N) is 1. The molecular formula is C15H11Cl2N3OS2. The standard InChI is InChI=1S/C15H11Cl2N3OS2/c1-22-9-4-2-8(3-5-9)14(21)19-20-15-18-12-10(16)6-7-11(17)13(12)23-15/h2-7H,1H3,(H,18,20)(H,19,21). The maximum Gasteiger partial charge on any atom is 0.269 e. The van der Waals surface area contributed by atoms with Crippen LogP contribution in [0.3, 0.4) is 0 Å². The second-order valence-corrected chi connectivity index (χ2v) is 7.23. The van der Waals surface area contributed by atoms with Crippen LogP contribution in [0.15, 0.2) is 41.3 Å². The third kappa shape index (κ3) is 3.55. The van der Waals surface area contributed by atoms with Gasteiger partial charge in [-0.15, -0.1) is 11.8 Å². The van der Waals surface area contributed by atoms with E-state index in [-0.39, 0.29) is 5.91 Å². The van der Waals surface area contributed by atoms with E-state index in [9.17, 15) is 4.79 Å². The zero-order valence-electron chi connectivity index (χ0n) is 11.9. The summed E-state index contributed by atoms with van der Waals surface area (Å²) in [6.07, 6.45) is 1.99. The minimum atomic E-state index is -0.242. The number of fused-ring (bicyclic) bond motifs is 1. The Morgan fingerprint density at radius 3 is 2.48 bits per heavy atom. The molecule has 0 unspecified atom stereocenters.